The summed E-state index contributed by atoms with van der Waals surface area (Å²) in [6.45, 7) is 5.62. The van der Waals surface area contributed by atoms with Crippen LogP contribution in [0.5, 0.6) is 0 Å². The van der Waals surface area contributed by atoms with E-state index in [4.69, 9.17) is 0 Å². The number of para-hydroxylation sites is 1. The summed E-state index contributed by atoms with van der Waals surface area (Å²) in [6.07, 6.45) is 1.53. The van der Waals surface area contributed by atoms with Crippen LogP contribution in [0.4, 0.5) is 5.69 Å². The molecule has 0 radical (unpaired) electrons. The molecule has 1 aromatic carbocycles. The van der Waals surface area contributed by atoms with Crippen LogP contribution < -0.4 is 4.90 Å². The maximum absolute atomic E-state index is 12.7. The van der Waals surface area contributed by atoms with E-state index in [1.807, 2.05) is 13.8 Å². The van der Waals surface area contributed by atoms with E-state index >= 15 is 0 Å². The standard InChI is InChI=1S/C15H18N2O3S2/c1-4-17(15(18)13-10-16-11(3)21-13)12-8-6-7-9-14(12)22(19,20)5-2/h6-10H,4-5H2,1-3H3. The van der Waals surface area contributed by atoms with Gasteiger partial charge in [-0.05, 0) is 26.0 Å². The lowest BCUT2D eigenvalue weighted by Crippen LogP contribution is -2.31. The van der Waals surface area contributed by atoms with E-state index in [2.05, 4.69) is 4.98 Å². The number of benzene rings is 1. The zero-order chi connectivity index (χ0) is 16.3. The maximum Gasteiger partial charge on any atom is 0.270 e. The Bertz CT molecular complexity index is 782. The van der Waals surface area contributed by atoms with Gasteiger partial charge in [-0.3, -0.25) is 4.79 Å². The van der Waals surface area contributed by atoms with Gasteiger partial charge in [0.05, 0.1) is 27.5 Å². The Balaban J connectivity index is 2.51. The fourth-order valence-electron chi connectivity index (χ4n) is 2.12. The molecule has 0 bridgehead atoms. The third-order valence-electron chi connectivity index (χ3n) is 3.26. The molecule has 0 unspecified atom stereocenters. The molecule has 0 N–H and O–H groups in total. The smallest absolute Gasteiger partial charge is 0.270 e. The number of sulfone groups is 1. The quantitative estimate of drug-likeness (QED) is 0.841. The van der Waals surface area contributed by atoms with Crippen molar-refractivity contribution in [3.63, 3.8) is 0 Å². The minimum absolute atomic E-state index is 0.00454. The second kappa shape index (κ2) is 6.58. The summed E-state index contributed by atoms with van der Waals surface area (Å²) < 4.78 is 24.5. The molecule has 0 aliphatic rings. The Kier molecular flexibility index (Phi) is 4.97. The molecule has 1 heterocycles. The Labute approximate surface area is 134 Å². The van der Waals surface area contributed by atoms with Gasteiger partial charge in [-0.1, -0.05) is 19.1 Å². The highest BCUT2D eigenvalue weighted by Gasteiger charge is 2.24. The van der Waals surface area contributed by atoms with Crippen molar-refractivity contribution in [2.75, 3.05) is 17.2 Å². The molecule has 0 fully saturated rings. The van der Waals surface area contributed by atoms with Gasteiger partial charge < -0.3 is 4.90 Å². The van der Waals surface area contributed by atoms with Gasteiger partial charge in [0.1, 0.15) is 4.88 Å². The molecule has 22 heavy (non-hydrogen) atoms. The van der Waals surface area contributed by atoms with Crippen LogP contribution in [-0.2, 0) is 9.84 Å². The van der Waals surface area contributed by atoms with E-state index in [1.165, 1.54) is 22.4 Å². The van der Waals surface area contributed by atoms with Gasteiger partial charge in [0.2, 0.25) is 0 Å². The molecule has 0 atom stereocenters. The third kappa shape index (κ3) is 3.20. The van der Waals surface area contributed by atoms with Crippen LogP contribution >= 0.6 is 11.3 Å². The zero-order valence-electron chi connectivity index (χ0n) is 12.7. The molecule has 1 aromatic heterocycles. The summed E-state index contributed by atoms with van der Waals surface area (Å²) in [5, 5.41) is 0.800. The molecule has 0 saturated heterocycles. The summed E-state index contributed by atoms with van der Waals surface area (Å²) in [4.78, 5) is 18.9. The van der Waals surface area contributed by atoms with Crippen molar-refractivity contribution in [3.8, 4) is 0 Å². The maximum atomic E-state index is 12.7. The van der Waals surface area contributed by atoms with Gasteiger partial charge in [0, 0.05) is 6.54 Å². The van der Waals surface area contributed by atoms with Crippen LogP contribution in [0.25, 0.3) is 0 Å². The van der Waals surface area contributed by atoms with E-state index < -0.39 is 9.84 Å². The SMILES string of the molecule is CCN(C(=O)c1cnc(C)s1)c1ccccc1S(=O)(=O)CC. The molecule has 2 aromatic rings. The molecule has 2 rings (SSSR count). The van der Waals surface area contributed by atoms with Crippen molar-refractivity contribution in [2.24, 2.45) is 0 Å². The highest BCUT2D eigenvalue weighted by Crippen LogP contribution is 2.28. The fourth-order valence-corrected chi connectivity index (χ4v) is 3.94. The topological polar surface area (TPSA) is 67.3 Å². The molecule has 0 spiro atoms. The van der Waals surface area contributed by atoms with E-state index in [9.17, 15) is 13.2 Å². The van der Waals surface area contributed by atoms with E-state index in [1.54, 1.807) is 31.2 Å². The zero-order valence-corrected chi connectivity index (χ0v) is 14.4. The number of aryl methyl sites for hydroxylation is 1. The van der Waals surface area contributed by atoms with Crippen LogP contribution in [0.3, 0.4) is 0 Å². The summed E-state index contributed by atoms with van der Waals surface area (Å²) in [7, 11) is -3.40. The summed E-state index contributed by atoms with van der Waals surface area (Å²) in [5.74, 6) is -0.234. The number of rotatable bonds is 5. The van der Waals surface area contributed by atoms with Gasteiger partial charge in [0.15, 0.2) is 9.84 Å². The molecule has 0 aliphatic carbocycles. The number of nitrogens with zero attached hydrogens (tertiary/aromatic N) is 2. The van der Waals surface area contributed by atoms with E-state index in [-0.39, 0.29) is 16.6 Å². The minimum Gasteiger partial charge on any atom is -0.307 e. The van der Waals surface area contributed by atoms with Crippen molar-refractivity contribution in [1.29, 1.82) is 0 Å². The number of thiazole rings is 1. The lowest BCUT2D eigenvalue weighted by Gasteiger charge is -2.22. The van der Waals surface area contributed by atoms with Gasteiger partial charge in [-0.25, -0.2) is 13.4 Å². The number of aromatic nitrogens is 1. The van der Waals surface area contributed by atoms with E-state index in [0.717, 1.165) is 5.01 Å². The molecule has 5 nitrogen and oxygen atoms in total. The number of carbonyl (C=O) groups is 1. The molecule has 0 saturated carbocycles. The fraction of sp³-hybridized carbons (Fsp3) is 0.333. The van der Waals surface area contributed by atoms with Gasteiger partial charge in [-0.15, -0.1) is 11.3 Å². The average Bonchev–Trinajstić information content (AvgIpc) is 2.95. The molecule has 0 aliphatic heterocycles. The number of anilines is 1. The molecule has 1 amide bonds. The lowest BCUT2D eigenvalue weighted by atomic mass is 10.2. The first kappa shape index (κ1) is 16.6. The van der Waals surface area contributed by atoms with Crippen molar-refractivity contribution in [1.82, 2.24) is 4.98 Å². The molecule has 7 heteroatoms. The number of amides is 1. The van der Waals surface area contributed by atoms with Crippen molar-refractivity contribution in [3.05, 3.63) is 40.3 Å². The first-order valence-electron chi connectivity index (χ1n) is 6.96. The van der Waals surface area contributed by atoms with Crippen molar-refractivity contribution >= 4 is 32.8 Å². The summed E-state index contributed by atoms with van der Waals surface area (Å²) in [6, 6.07) is 6.61. The normalized spacial score (nSPS) is 11.4. The summed E-state index contributed by atoms with van der Waals surface area (Å²) in [5.41, 5.74) is 0.419. The predicted octanol–water partition coefficient (Wildman–Crippen LogP) is 2.91. The first-order chi connectivity index (χ1) is 10.4. The number of hydrogen-bond donors (Lipinski definition) is 0. The van der Waals surface area contributed by atoms with Gasteiger partial charge in [-0.2, -0.15) is 0 Å². The lowest BCUT2D eigenvalue weighted by molar-refractivity contribution is 0.0991. The van der Waals surface area contributed by atoms with Crippen LogP contribution in [0.1, 0.15) is 28.5 Å². The number of hydrogen-bond acceptors (Lipinski definition) is 5. The highest BCUT2D eigenvalue weighted by molar-refractivity contribution is 7.91. The second-order valence-corrected chi connectivity index (χ2v) is 8.15. The Morgan fingerprint density at radius 2 is 1.95 bits per heavy atom. The molecular weight excluding hydrogens is 320 g/mol. The van der Waals surface area contributed by atoms with Crippen LogP contribution in [0, 0.1) is 6.92 Å². The predicted molar refractivity (Wildman–Crippen MR) is 88.4 cm³/mol. The van der Waals surface area contributed by atoms with E-state index in [0.29, 0.717) is 17.1 Å². The van der Waals surface area contributed by atoms with Crippen LogP contribution in [0.15, 0.2) is 35.4 Å². The average molecular weight is 338 g/mol. The first-order valence-corrected chi connectivity index (χ1v) is 9.43. The second-order valence-electron chi connectivity index (χ2n) is 4.66. The Morgan fingerprint density at radius 3 is 2.50 bits per heavy atom. The monoisotopic (exact) mass is 338 g/mol. The third-order valence-corrected chi connectivity index (χ3v) is 5.94. The molecular formula is C15H18N2O3S2. The minimum atomic E-state index is -3.40. The Hall–Kier alpha value is -1.73. The van der Waals surface area contributed by atoms with Crippen molar-refractivity contribution < 1.29 is 13.2 Å². The molecule has 118 valence electrons. The van der Waals surface area contributed by atoms with Crippen LogP contribution in [0.2, 0.25) is 0 Å². The Morgan fingerprint density at radius 1 is 1.27 bits per heavy atom. The van der Waals surface area contributed by atoms with Gasteiger partial charge in [0.25, 0.3) is 5.91 Å². The van der Waals surface area contributed by atoms with Crippen LogP contribution in [-0.4, -0.2) is 31.6 Å². The van der Waals surface area contributed by atoms with Gasteiger partial charge >= 0.3 is 0 Å². The summed E-state index contributed by atoms with van der Waals surface area (Å²) >= 11 is 1.30. The largest absolute Gasteiger partial charge is 0.307 e. The highest BCUT2D eigenvalue weighted by atomic mass is 32.2. The van der Waals surface area contributed by atoms with Crippen molar-refractivity contribution in [2.45, 2.75) is 25.7 Å². The number of carbonyl (C=O) groups excluding carboxylic acids is 1.